The Morgan fingerprint density at radius 1 is 1.22 bits per heavy atom. The fourth-order valence-corrected chi connectivity index (χ4v) is 4.48. The van der Waals surface area contributed by atoms with Crippen LogP contribution in [0.1, 0.15) is 24.8 Å². The second-order valence-electron chi connectivity index (χ2n) is 8.68. The standard InChI is InChI=1S/C23H31FN6O2/c1-15-12-17(6-7-20(15)30-10-8-29(2)9-11-30)27-23-25-14-19(24)21(28-23)26-18-5-4-16(13-18)22(31)32-3/h6-7,12,14,16,18H,4-5,8-11,13H2,1-3H3,(H2,25,26,27,28)/t16-,18+/m0/s1. The van der Waals surface area contributed by atoms with Crippen molar-refractivity contribution in [3.8, 4) is 0 Å². The normalized spacial score (nSPS) is 21.4. The number of anilines is 4. The third kappa shape index (κ3) is 5.09. The highest BCUT2D eigenvalue weighted by molar-refractivity contribution is 5.72. The number of likely N-dealkylation sites (N-methyl/N-ethyl adjacent to an activating group) is 1. The number of esters is 1. The Bertz CT molecular complexity index is 963. The first-order chi connectivity index (χ1) is 15.4. The van der Waals surface area contributed by atoms with Gasteiger partial charge < -0.3 is 25.2 Å². The zero-order valence-corrected chi connectivity index (χ0v) is 18.9. The lowest BCUT2D eigenvalue weighted by molar-refractivity contribution is -0.145. The van der Waals surface area contributed by atoms with E-state index in [0.717, 1.165) is 50.9 Å². The molecule has 2 N–H and O–H groups in total. The number of carbonyl (C=O) groups excluding carboxylic acids is 1. The molecule has 2 heterocycles. The summed E-state index contributed by atoms with van der Waals surface area (Å²) in [5.74, 6) is -0.414. The Morgan fingerprint density at radius 3 is 2.72 bits per heavy atom. The van der Waals surface area contributed by atoms with E-state index in [0.29, 0.717) is 12.4 Å². The fourth-order valence-electron chi connectivity index (χ4n) is 4.48. The van der Waals surface area contributed by atoms with Crippen molar-refractivity contribution >= 4 is 29.1 Å². The zero-order chi connectivity index (χ0) is 22.7. The van der Waals surface area contributed by atoms with E-state index < -0.39 is 5.82 Å². The summed E-state index contributed by atoms with van der Waals surface area (Å²) < 4.78 is 19.1. The number of methoxy groups -OCH3 is 1. The number of rotatable bonds is 6. The van der Waals surface area contributed by atoms with Gasteiger partial charge in [0, 0.05) is 43.6 Å². The first-order valence-electron chi connectivity index (χ1n) is 11.1. The van der Waals surface area contributed by atoms with Crippen LogP contribution in [0.4, 0.5) is 27.5 Å². The SMILES string of the molecule is COC(=O)[C@H]1CC[C@@H](Nc2nc(Nc3ccc(N4CCN(C)CC4)c(C)c3)ncc2F)C1. The van der Waals surface area contributed by atoms with Gasteiger partial charge in [-0.25, -0.2) is 9.37 Å². The molecule has 9 heteroatoms. The van der Waals surface area contributed by atoms with Crippen LogP contribution in [0.5, 0.6) is 0 Å². The predicted molar refractivity (Wildman–Crippen MR) is 123 cm³/mol. The average Bonchev–Trinajstić information content (AvgIpc) is 3.25. The van der Waals surface area contributed by atoms with Gasteiger partial charge in [-0.05, 0) is 57.0 Å². The van der Waals surface area contributed by atoms with Gasteiger partial charge in [0.25, 0.3) is 0 Å². The molecular formula is C23H31FN6O2. The maximum absolute atomic E-state index is 14.3. The number of piperazine rings is 1. The first-order valence-corrected chi connectivity index (χ1v) is 11.1. The number of carbonyl (C=O) groups is 1. The molecule has 0 bridgehead atoms. The van der Waals surface area contributed by atoms with Crippen molar-refractivity contribution in [1.29, 1.82) is 0 Å². The Hall–Kier alpha value is -2.94. The zero-order valence-electron chi connectivity index (χ0n) is 18.9. The predicted octanol–water partition coefficient (Wildman–Crippen LogP) is 3.17. The molecule has 0 amide bonds. The molecule has 0 radical (unpaired) electrons. The van der Waals surface area contributed by atoms with Gasteiger partial charge in [0.1, 0.15) is 0 Å². The van der Waals surface area contributed by atoms with Gasteiger partial charge in [-0.15, -0.1) is 0 Å². The lowest BCUT2D eigenvalue weighted by Gasteiger charge is -2.35. The number of ether oxygens (including phenoxy) is 1. The minimum absolute atomic E-state index is 0.0264. The highest BCUT2D eigenvalue weighted by Crippen LogP contribution is 2.30. The number of aryl methyl sites for hydroxylation is 1. The Morgan fingerprint density at radius 2 is 2.00 bits per heavy atom. The fraction of sp³-hybridized carbons (Fsp3) is 0.522. The molecule has 1 aromatic carbocycles. The van der Waals surface area contributed by atoms with E-state index in [4.69, 9.17) is 4.74 Å². The number of hydrogen-bond donors (Lipinski definition) is 2. The Labute approximate surface area is 188 Å². The van der Waals surface area contributed by atoms with Crippen LogP contribution in [-0.2, 0) is 9.53 Å². The van der Waals surface area contributed by atoms with Crippen molar-refractivity contribution in [3.05, 3.63) is 35.8 Å². The van der Waals surface area contributed by atoms with Crippen molar-refractivity contribution in [1.82, 2.24) is 14.9 Å². The molecule has 8 nitrogen and oxygen atoms in total. The van der Waals surface area contributed by atoms with Crippen LogP contribution in [0.25, 0.3) is 0 Å². The van der Waals surface area contributed by atoms with Crippen LogP contribution in [0.3, 0.4) is 0 Å². The largest absolute Gasteiger partial charge is 0.469 e. The van der Waals surface area contributed by atoms with Crippen LogP contribution < -0.4 is 15.5 Å². The van der Waals surface area contributed by atoms with Crippen molar-refractivity contribution in [2.45, 2.75) is 32.2 Å². The molecule has 2 atom stereocenters. The number of nitrogens with one attached hydrogen (secondary N) is 2. The molecular weight excluding hydrogens is 411 g/mol. The molecule has 1 saturated carbocycles. The van der Waals surface area contributed by atoms with E-state index in [1.54, 1.807) is 0 Å². The van der Waals surface area contributed by atoms with Crippen LogP contribution >= 0.6 is 0 Å². The smallest absolute Gasteiger partial charge is 0.308 e. The Balaban J connectivity index is 1.41. The highest BCUT2D eigenvalue weighted by atomic mass is 19.1. The Kier molecular flexibility index (Phi) is 6.74. The van der Waals surface area contributed by atoms with Crippen molar-refractivity contribution in [3.63, 3.8) is 0 Å². The van der Waals surface area contributed by atoms with Crippen LogP contribution in [0.2, 0.25) is 0 Å². The monoisotopic (exact) mass is 442 g/mol. The molecule has 1 aliphatic carbocycles. The van der Waals surface area contributed by atoms with Crippen molar-refractivity contribution < 1.29 is 13.9 Å². The van der Waals surface area contributed by atoms with E-state index in [1.165, 1.54) is 18.4 Å². The summed E-state index contributed by atoms with van der Waals surface area (Å²) in [6, 6.07) is 6.14. The highest BCUT2D eigenvalue weighted by Gasteiger charge is 2.31. The lowest BCUT2D eigenvalue weighted by atomic mass is 10.1. The third-order valence-electron chi connectivity index (χ3n) is 6.35. The summed E-state index contributed by atoms with van der Waals surface area (Å²) in [5, 5.41) is 6.31. The number of hydrogen-bond acceptors (Lipinski definition) is 8. The van der Waals surface area contributed by atoms with Crippen molar-refractivity contribution in [2.24, 2.45) is 5.92 Å². The van der Waals surface area contributed by atoms with Crippen LogP contribution in [-0.4, -0.2) is 67.2 Å². The molecule has 0 unspecified atom stereocenters. The van der Waals surface area contributed by atoms with E-state index in [9.17, 15) is 9.18 Å². The molecule has 2 fully saturated rings. The second kappa shape index (κ2) is 9.68. The molecule has 2 aliphatic rings. The van der Waals surface area contributed by atoms with Crippen molar-refractivity contribution in [2.75, 3.05) is 55.9 Å². The number of nitrogens with zero attached hydrogens (tertiary/aromatic N) is 4. The van der Waals surface area contributed by atoms with Gasteiger partial charge in [0.2, 0.25) is 5.95 Å². The number of benzene rings is 1. The van der Waals surface area contributed by atoms with E-state index >= 15 is 0 Å². The molecule has 1 aliphatic heterocycles. The quantitative estimate of drug-likeness (QED) is 0.660. The van der Waals surface area contributed by atoms with Gasteiger partial charge in [0.05, 0.1) is 19.2 Å². The maximum atomic E-state index is 14.3. The molecule has 32 heavy (non-hydrogen) atoms. The average molecular weight is 443 g/mol. The second-order valence-corrected chi connectivity index (χ2v) is 8.68. The van der Waals surface area contributed by atoms with Gasteiger partial charge in [-0.3, -0.25) is 4.79 Å². The third-order valence-corrected chi connectivity index (χ3v) is 6.35. The molecule has 1 aromatic heterocycles. The topological polar surface area (TPSA) is 82.6 Å². The van der Waals surface area contributed by atoms with E-state index in [1.807, 2.05) is 6.07 Å². The number of halogens is 1. The summed E-state index contributed by atoms with van der Waals surface area (Å²) in [4.78, 5) is 24.9. The van der Waals surface area contributed by atoms with E-state index in [-0.39, 0.29) is 23.7 Å². The van der Waals surface area contributed by atoms with E-state index in [2.05, 4.69) is 56.5 Å². The minimum atomic E-state index is -0.515. The van der Waals surface area contributed by atoms with Crippen LogP contribution in [0.15, 0.2) is 24.4 Å². The molecule has 0 spiro atoms. The maximum Gasteiger partial charge on any atom is 0.308 e. The minimum Gasteiger partial charge on any atom is -0.469 e. The summed E-state index contributed by atoms with van der Waals surface area (Å²) in [5.41, 5.74) is 3.25. The molecule has 172 valence electrons. The summed E-state index contributed by atoms with van der Waals surface area (Å²) >= 11 is 0. The van der Waals surface area contributed by atoms with Gasteiger partial charge >= 0.3 is 5.97 Å². The van der Waals surface area contributed by atoms with Crippen LogP contribution in [0, 0.1) is 18.7 Å². The summed E-state index contributed by atoms with van der Waals surface area (Å²) in [6.45, 7) is 6.23. The van der Waals surface area contributed by atoms with Gasteiger partial charge in [0.15, 0.2) is 11.6 Å². The number of aromatic nitrogens is 2. The summed E-state index contributed by atoms with van der Waals surface area (Å²) in [6.07, 6.45) is 3.25. The van der Waals surface area contributed by atoms with Gasteiger partial charge in [-0.1, -0.05) is 0 Å². The van der Waals surface area contributed by atoms with Gasteiger partial charge in [-0.2, -0.15) is 4.98 Å². The first kappa shape index (κ1) is 22.3. The lowest BCUT2D eigenvalue weighted by Crippen LogP contribution is -2.44. The molecule has 1 saturated heterocycles. The molecule has 2 aromatic rings. The summed E-state index contributed by atoms with van der Waals surface area (Å²) in [7, 11) is 3.54. The molecule has 4 rings (SSSR count).